The number of thiophene rings is 1. The average molecular weight is 401 g/mol. The number of phenolic OH excluding ortho intramolecular Hbond substituents is 1. The molecule has 27 heavy (non-hydrogen) atoms. The highest BCUT2D eigenvalue weighted by Gasteiger charge is 2.48. The van der Waals surface area contributed by atoms with Crippen LogP contribution in [0.1, 0.15) is 43.0 Å². The summed E-state index contributed by atoms with van der Waals surface area (Å²) in [5, 5.41) is 16.5. The summed E-state index contributed by atoms with van der Waals surface area (Å²) in [7, 11) is 0. The van der Waals surface area contributed by atoms with Gasteiger partial charge < -0.3 is 15.2 Å². The van der Waals surface area contributed by atoms with E-state index in [1.807, 2.05) is 12.1 Å². The molecular formula is C21H24N2O2S2. The van der Waals surface area contributed by atoms with Crippen LogP contribution < -0.4 is 10.1 Å². The van der Waals surface area contributed by atoms with Gasteiger partial charge in [-0.1, -0.05) is 30.0 Å². The molecule has 0 bridgehead atoms. The topological polar surface area (TPSA) is 53.9 Å². The first-order chi connectivity index (χ1) is 12.9. The van der Waals surface area contributed by atoms with Crippen molar-refractivity contribution in [1.29, 1.82) is 0 Å². The number of aliphatic imine (C=N–C) groups is 1. The van der Waals surface area contributed by atoms with Gasteiger partial charge in [0.15, 0.2) is 5.17 Å². The van der Waals surface area contributed by atoms with Crippen LogP contribution in [0, 0.1) is 0 Å². The minimum Gasteiger partial charge on any atom is -0.508 e. The van der Waals surface area contributed by atoms with Crippen LogP contribution in [0.5, 0.6) is 11.5 Å². The monoisotopic (exact) mass is 400 g/mol. The lowest BCUT2D eigenvalue weighted by atomic mass is 9.80. The second-order valence-corrected chi connectivity index (χ2v) is 9.73. The number of hydrogen-bond donors (Lipinski definition) is 2. The molecule has 3 heterocycles. The quantitative estimate of drug-likeness (QED) is 0.703. The largest absolute Gasteiger partial charge is 0.508 e. The Morgan fingerprint density at radius 2 is 2.30 bits per heavy atom. The highest BCUT2D eigenvalue weighted by Crippen LogP contribution is 2.50. The number of nitrogens with zero attached hydrogens (tertiary/aromatic N) is 1. The molecule has 142 valence electrons. The molecule has 4 nitrogen and oxygen atoms in total. The second kappa shape index (κ2) is 6.91. The fourth-order valence-corrected chi connectivity index (χ4v) is 5.68. The molecule has 0 radical (unpaired) electrons. The predicted molar refractivity (Wildman–Crippen MR) is 114 cm³/mol. The van der Waals surface area contributed by atoms with Gasteiger partial charge in [-0.25, -0.2) is 4.99 Å². The summed E-state index contributed by atoms with van der Waals surface area (Å²) in [5.74, 6) is 1.95. The Morgan fingerprint density at radius 1 is 1.44 bits per heavy atom. The van der Waals surface area contributed by atoms with E-state index >= 15 is 0 Å². The Bertz CT molecular complexity index is 876. The molecule has 0 fully saturated rings. The van der Waals surface area contributed by atoms with Gasteiger partial charge in [0, 0.05) is 46.6 Å². The number of phenols is 1. The van der Waals surface area contributed by atoms with E-state index in [4.69, 9.17) is 9.73 Å². The molecule has 0 aliphatic carbocycles. The van der Waals surface area contributed by atoms with E-state index in [2.05, 4.69) is 43.3 Å². The maximum Gasteiger partial charge on any atom is 0.206 e. The van der Waals surface area contributed by atoms with E-state index in [9.17, 15) is 5.11 Å². The Labute approximate surface area is 168 Å². The van der Waals surface area contributed by atoms with Gasteiger partial charge in [0.1, 0.15) is 11.5 Å². The van der Waals surface area contributed by atoms with Crippen molar-refractivity contribution >= 4 is 28.3 Å². The number of rotatable bonds is 3. The number of hydrogen-bond acceptors (Lipinski definition) is 6. The van der Waals surface area contributed by atoms with E-state index in [1.54, 1.807) is 35.2 Å². The van der Waals surface area contributed by atoms with Gasteiger partial charge in [0.25, 0.3) is 0 Å². The highest BCUT2D eigenvalue weighted by molar-refractivity contribution is 8.13. The van der Waals surface area contributed by atoms with Crippen molar-refractivity contribution in [3.05, 3.63) is 58.8 Å². The molecule has 2 aromatic rings. The van der Waals surface area contributed by atoms with Crippen LogP contribution >= 0.6 is 23.1 Å². The first-order valence-corrected chi connectivity index (χ1v) is 10.9. The molecule has 1 aromatic heterocycles. The van der Waals surface area contributed by atoms with E-state index < -0.39 is 5.72 Å². The Hall–Kier alpha value is -1.92. The number of nitrogens with one attached hydrogen (secondary N) is 1. The fourth-order valence-electron chi connectivity index (χ4n) is 3.98. The molecule has 2 N–H and O–H groups in total. The summed E-state index contributed by atoms with van der Waals surface area (Å²) in [6.07, 6.45) is 3.43. The van der Waals surface area contributed by atoms with Crippen molar-refractivity contribution in [1.82, 2.24) is 5.32 Å². The third-order valence-electron chi connectivity index (χ3n) is 4.89. The van der Waals surface area contributed by atoms with Crippen LogP contribution in [-0.4, -0.2) is 27.3 Å². The molecule has 0 saturated heterocycles. The summed E-state index contributed by atoms with van der Waals surface area (Å²) in [5.41, 5.74) is 0.334. The zero-order valence-electron chi connectivity index (χ0n) is 15.6. The highest BCUT2D eigenvalue weighted by atomic mass is 32.2. The Balaban J connectivity index is 1.79. The number of ether oxygens (including phenoxy) is 1. The molecule has 0 amide bonds. The molecule has 4 rings (SSSR count). The summed E-state index contributed by atoms with van der Waals surface area (Å²) in [4.78, 5) is 6.32. The second-order valence-electron chi connectivity index (χ2n) is 7.74. The van der Waals surface area contributed by atoms with Crippen LogP contribution in [0.4, 0.5) is 0 Å². The predicted octanol–water partition coefficient (Wildman–Crippen LogP) is 5.11. The van der Waals surface area contributed by atoms with Crippen molar-refractivity contribution in [3.8, 4) is 11.5 Å². The van der Waals surface area contributed by atoms with Crippen molar-refractivity contribution in [3.63, 3.8) is 0 Å². The van der Waals surface area contributed by atoms with Crippen LogP contribution in [0.3, 0.4) is 0 Å². The van der Waals surface area contributed by atoms with Gasteiger partial charge in [0.05, 0.1) is 0 Å². The van der Waals surface area contributed by atoms with Crippen molar-refractivity contribution < 1.29 is 9.84 Å². The lowest BCUT2D eigenvalue weighted by Crippen LogP contribution is -2.56. The normalized spacial score (nSPS) is 25.9. The third kappa shape index (κ3) is 3.73. The summed E-state index contributed by atoms with van der Waals surface area (Å²) >= 11 is 3.40. The van der Waals surface area contributed by atoms with Crippen LogP contribution in [0.2, 0.25) is 0 Å². The van der Waals surface area contributed by atoms with Crippen LogP contribution in [-0.2, 0) is 0 Å². The molecule has 1 aromatic carbocycles. The molecule has 2 atom stereocenters. The number of aromatic hydroxyl groups is 1. The number of amidine groups is 1. The average Bonchev–Trinajstić information content (AvgIpc) is 3.11. The lowest BCUT2D eigenvalue weighted by molar-refractivity contribution is 0.0137. The van der Waals surface area contributed by atoms with Gasteiger partial charge in [-0.15, -0.1) is 17.9 Å². The van der Waals surface area contributed by atoms with Gasteiger partial charge >= 0.3 is 0 Å². The number of benzene rings is 1. The molecule has 2 aliphatic rings. The number of thioether (sulfide) groups is 1. The smallest absolute Gasteiger partial charge is 0.206 e. The van der Waals surface area contributed by atoms with E-state index in [0.717, 1.165) is 35.1 Å². The standard InChI is InChI=1S/C21H24N2O2S2/c1-4-9-27-19-22-20(2,3)13-21(23-19)12-16(18-6-5-10-26-18)15-8-7-14(24)11-17(15)25-21/h4-8,10-11,16,24H,1,9,12-13H2,2-3H3,(H,22,23)/t16-,21+/m1/s1. The Morgan fingerprint density at radius 3 is 3.04 bits per heavy atom. The molecule has 2 aliphatic heterocycles. The lowest BCUT2D eigenvalue weighted by Gasteiger charge is -2.47. The van der Waals surface area contributed by atoms with Crippen molar-refractivity contribution in [2.45, 2.75) is 43.9 Å². The van der Waals surface area contributed by atoms with Gasteiger partial charge in [0.2, 0.25) is 5.72 Å². The Kier molecular flexibility index (Phi) is 4.72. The van der Waals surface area contributed by atoms with Gasteiger partial charge in [-0.3, -0.25) is 0 Å². The van der Waals surface area contributed by atoms with Gasteiger partial charge in [-0.2, -0.15) is 0 Å². The van der Waals surface area contributed by atoms with E-state index in [1.165, 1.54) is 4.88 Å². The maximum absolute atomic E-state index is 10.0. The molecule has 0 saturated carbocycles. The van der Waals surface area contributed by atoms with Crippen molar-refractivity contribution in [2.24, 2.45) is 4.99 Å². The SMILES string of the molecule is C=CCSC1=N[C@]2(C[C@@H](c3cccs3)c3ccc(O)cc3O2)CC(C)(C)N1. The molecular weight excluding hydrogens is 376 g/mol. The van der Waals surface area contributed by atoms with Crippen LogP contribution in [0.15, 0.2) is 53.4 Å². The zero-order chi connectivity index (χ0) is 19.1. The first-order valence-electron chi connectivity index (χ1n) is 9.07. The number of fused-ring (bicyclic) bond motifs is 1. The zero-order valence-corrected chi connectivity index (χ0v) is 17.2. The summed E-state index contributed by atoms with van der Waals surface area (Å²) < 4.78 is 6.49. The van der Waals surface area contributed by atoms with Gasteiger partial charge in [-0.05, 0) is 31.4 Å². The summed E-state index contributed by atoms with van der Waals surface area (Å²) in [6, 6.07) is 9.70. The van der Waals surface area contributed by atoms with E-state index in [-0.39, 0.29) is 17.2 Å². The fraction of sp³-hybridized carbons (Fsp3) is 0.381. The maximum atomic E-state index is 10.0. The minimum atomic E-state index is -0.645. The summed E-state index contributed by atoms with van der Waals surface area (Å²) in [6.45, 7) is 8.17. The molecule has 6 heteroatoms. The third-order valence-corrected chi connectivity index (χ3v) is 6.74. The van der Waals surface area contributed by atoms with E-state index in [0.29, 0.717) is 0 Å². The van der Waals surface area contributed by atoms with Crippen LogP contribution in [0.25, 0.3) is 0 Å². The van der Waals surface area contributed by atoms with Crippen molar-refractivity contribution in [2.75, 3.05) is 5.75 Å². The minimum absolute atomic E-state index is 0.139. The molecule has 0 unspecified atom stereocenters. The first kappa shape index (κ1) is 18.4. The molecule has 1 spiro atoms.